The zero-order valence-corrected chi connectivity index (χ0v) is 14.8. The van der Waals surface area contributed by atoms with Gasteiger partial charge in [0.2, 0.25) is 0 Å². The van der Waals surface area contributed by atoms with Gasteiger partial charge in [0.1, 0.15) is 11.8 Å². The van der Waals surface area contributed by atoms with E-state index < -0.39 is 5.97 Å². The van der Waals surface area contributed by atoms with Crippen molar-refractivity contribution in [3.8, 4) is 34.2 Å². The van der Waals surface area contributed by atoms with Crippen LogP contribution in [0.4, 0.5) is 0 Å². The number of H-pyrrole nitrogens is 1. The van der Waals surface area contributed by atoms with E-state index in [9.17, 15) is 15.2 Å². The van der Waals surface area contributed by atoms with Gasteiger partial charge in [-0.3, -0.25) is 5.10 Å². The number of aromatic hydroxyl groups is 1. The van der Waals surface area contributed by atoms with Crippen LogP contribution in [0.3, 0.4) is 0 Å². The van der Waals surface area contributed by atoms with Crippen LogP contribution in [0.5, 0.6) is 5.75 Å². The maximum absolute atomic E-state index is 11.7. The molecule has 0 saturated carbocycles. The maximum Gasteiger partial charge on any atom is 0.337 e. The standard InChI is InChI=1S/C21H14N4O3/c1-28-21(27)14-4-2-13(3-5-14)19-16(10-22)18(12-6-8-15(26)9-7-12)17-11-23-25-20(17)24-19/h2-9,11,26H,1H3,(H,23,24,25). The highest BCUT2D eigenvalue weighted by atomic mass is 16.5. The van der Waals surface area contributed by atoms with Crippen LogP contribution in [-0.4, -0.2) is 33.4 Å². The minimum atomic E-state index is -0.436. The molecule has 136 valence electrons. The zero-order chi connectivity index (χ0) is 19.7. The summed E-state index contributed by atoms with van der Waals surface area (Å²) in [5.41, 5.74) is 3.91. The molecule has 0 aliphatic heterocycles. The highest BCUT2D eigenvalue weighted by molar-refractivity contribution is 5.99. The van der Waals surface area contributed by atoms with Crippen LogP contribution in [0.15, 0.2) is 54.7 Å². The molecule has 0 fully saturated rings. The number of carbonyl (C=O) groups is 1. The first-order valence-electron chi connectivity index (χ1n) is 8.37. The van der Waals surface area contributed by atoms with Crippen LogP contribution in [0.25, 0.3) is 33.4 Å². The maximum atomic E-state index is 11.7. The summed E-state index contributed by atoms with van der Waals surface area (Å²) in [5.74, 6) is -0.299. The minimum Gasteiger partial charge on any atom is -0.508 e. The lowest BCUT2D eigenvalue weighted by molar-refractivity contribution is 0.0600. The highest BCUT2D eigenvalue weighted by Gasteiger charge is 2.19. The number of aromatic nitrogens is 3. The molecular formula is C21H14N4O3. The topological polar surface area (TPSA) is 112 Å². The van der Waals surface area contributed by atoms with E-state index in [4.69, 9.17) is 4.74 Å². The number of phenolic OH excluding ortho intramolecular Hbond substituents is 1. The normalized spacial score (nSPS) is 10.6. The molecule has 0 radical (unpaired) electrons. The molecule has 0 spiro atoms. The number of benzene rings is 2. The average molecular weight is 370 g/mol. The summed E-state index contributed by atoms with van der Waals surface area (Å²) in [6, 6.07) is 15.5. The Morgan fingerprint density at radius 3 is 2.43 bits per heavy atom. The van der Waals surface area contributed by atoms with Crippen molar-refractivity contribution in [3.63, 3.8) is 0 Å². The molecule has 2 N–H and O–H groups in total. The van der Waals surface area contributed by atoms with Gasteiger partial charge in [0.15, 0.2) is 5.65 Å². The molecule has 2 aromatic heterocycles. The molecule has 4 rings (SSSR count). The highest BCUT2D eigenvalue weighted by Crippen LogP contribution is 2.36. The molecule has 28 heavy (non-hydrogen) atoms. The van der Waals surface area contributed by atoms with Crippen molar-refractivity contribution < 1.29 is 14.6 Å². The number of esters is 1. The van der Waals surface area contributed by atoms with Crippen molar-refractivity contribution in [2.45, 2.75) is 0 Å². The van der Waals surface area contributed by atoms with Crippen LogP contribution in [0.2, 0.25) is 0 Å². The van der Waals surface area contributed by atoms with Gasteiger partial charge in [-0.25, -0.2) is 9.78 Å². The lowest BCUT2D eigenvalue weighted by atomic mass is 9.94. The molecule has 0 bridgehead atoms. The second-order valence-electron chi connectivity index (χ2n) is 6.07. The van der Waals surface area contributed by atoms with Gasteiger partial charge < -0.3 is 9.84 Å². The van der Waals surface area contributed by atoms with Gasteiger partial charge in [-0.15, -0.1) is 0 Å². The van der Waals surface area contributed by atoms with E-state index in [1.165, 1.54) is 7.11 Å². The molecule has 0 unspecified atom stereocenters. The summed E-state index contributed by atoms with van der Waals surface area (Å²) in [6.45, 7) is 0. The lowest BCUT2D eigenvalue weighted by Crippen LogP contribution is -2.01. The summed E-state index contributed by atoms with van der Waals surface area (Å²) in [7, 11) is 1.32. The van der Waals surface area contributed by atoms with E-state index in [1.807, 2.05) is 0 Å². The summed E-state index contributed by atoms with van der Waals surface area (Å²) in [6.07, 6.45) is 1.62. The number of ether oxygens (including phenoxy) is 1. The molecule has 2 heterocycles. The molecular weight excluding hydrogens is 356 g/mol. The SMILES string of the molecule is COC(=O)c1ccc(-c2nc3[nH]ncc3c(-c3ccc(O)cc3)c2C#N)cc1. The predicted molar refractivity (Wildman–Crippen MR) is 102 cm³/mol. The smallest absolute Gasteiger partial charge is 0.337 e. The first-order valence-corrected chi connectivity index (χ1v) is 8.37. The van der Waals surface area contributed by atoms with Crippen molar-refractivity contribution in [1.82, 2.24) is 15.2 Å². The lowest BCUT2D eigenvalue weighted by Gasteiger charge is -2.11. The Morgan fingerprint density at radius 1 is 1.11 bits per heavy atom. The second-order valence-corrected chi connectivity index (χ2v) is 6.07. The molecule has 7 heteroatoms. The Labute approximate surface area is 159 Å². The Hall–Kier alpha value is -4.18. The third-order valence-electron chi connectivity index (χ3n) is 4.45. The molecule has 4 aromatic rings. The molecule has 0 atom stereocenters. The molecule has 0 saturated heterocycles. The largest absolute Gasteiger partial charge is 0.508 e. The summed E-state index contributed by atoms with van der Waals surface area (Å²) in [5, 5.41) is 27.1. The molecule has 0 aliphatic rings. The number of aromatic amines is 1. The molecule has 2 aromatic carbocycles. The summed E-state index contributed by atoms with van der Waals surface area (Å²) in [4.78, 5) is 16.2. The quantitative estimate of drug-likeness (QED) is 0.532. The number of hydrogen-bond acceptors (Lipinski definition) is 6. The van der Waals surface area contributed by atoms with Crippen LogP contribution in [0, 0.1) is 11.3 Å². The van der Waals surface area contributed by atoms with E-state index in [2.05, 4.69) is 21.3 Å². The van der Waals surface area contributed by atoms with E-state index in [0.29, 0.717) is 39.0 Å². The monoisotopic (exact) mass is 370 g/mol. The Morgan fingerprint density at radius 2 is 1.79 bits per heavy atom. The number of methoxy groups -OCH3 is 1. The average Bonchev–Trinajstić information content (AvgIpc) is 3.21. The number of pyridine rings is 1. The fourth-order valence-electron chi connectivity index (χ4n) is 3.10. The fourth-order valence-corrected chi connectivity index (χ4v) is 3.10. The fraction of sp³-hybridized carbons (Fsp3) is 0.0476. The third-order valence-corrected chi connectivity index (χ3v) is 4.45. The van der Waals surface area contributed by atoms with Gasteiger partial charge in [-0.1, -0.05) is 24.3 Å². The van der Waals surface area contributed by atoms with E-state index in [-0.39, 0.29) is 5.75 Å². The van der Waals surface area contributed by atoms with Crippen molar-refractivity contribution in [3.05, 3.63) is 65.9 Å². The summed E-state index contributed by atoms with van der Waals surface area (Å²) >= 11 is 0. The first kappa shape index (κ1) is 17.2. The van der Waals surface area contributed by atoms with Gasteiger partial charge in [0, 0.05) is 16.5 Å². The predicted octanol–water partition coefficient (Wildman–Crippen LogP) is 3.66. The molecule has 7 nitrogen and oxygen atoms in total. The number of rotatable bonds is 3. The number of phenols is 1. The first-order chi connectivity index (χ1) is 13.6. The Bertz CT molecular complexity index is 1220. The van der Waals surface area contributed by atoms with Gasteiger partial charge in [-0.05, 0) is 29.8 Å². The van der Waals surface area contributed by atoms with E-state index in [0.717, 1.165) is 5.56 Å². The second kappa shape index (κ2) is 6.85. The Kier molecular flexibility index (Phi) is 4.22. The number of nitrogens with zero attached hydrogens (tertiary/aromatic N) is 3. The number of fused-ring (bicyclic) bond motifs is 1. The van der Waals surface area contributed by atoms with E-state index >= 15 is 0 Å². The van der Waals surface area contributed by atoms with Crippen molar-refractivity contribution in [1.29, 1.82) is 5.26 Å². The van der Waals surface area contributed by atoms with Crippen molar-refractivity contribution in [2.24, 2.45) is 0 Å². The number of carbonyl (C=O) groups excluding carboxylic acids is 1. The van der Waals surface area contributed by atoms with Gasteiger partial charge in [0.05, 0.1) is 30.1 Å². The van der Waals surface area contributed by atoms with Crippen molar-refractivity contribution >= 4 is 17.0 Å². The van der Waals surface area contributed by atoms with Crippen LogP contribution in [0.1, 0.15) is 15.9 Å². The number of nitrogens with one attached hydrogen (secondary N) is 1. The van der Waals surface area contributed by atoms with Gasteiger partial charge in [0.25, 0.3) is 0 Å². The molecule has 0 aliphatic carbocycles. The van der Waals surface area contributed by atoms with Crippen LogP contribution >= 0.6 is 0 Å². The van der Waals surface area contributed by atoms with Crippen LogP contribution in [-0.2, 0) is 4.74 Å². The van der Waals surface area contributed by atoms with Gasteiger partial charge >= 0.3 is 5.97 Å². The van der Waals surface area contributed by atoms with E-state index in [1.54, 1.807) is 54.7 Å². The number of nitriles is 1. The zero-order valence-electron chi connectivity index (χ0n) is 14.8. The Balaban J connectivity index is 1.96. The minimum absolute atomic E-state index is 0.137. The number of hydrogen-bond donors (Lipinski definition) is 2. The summed E-state index contributed by atoms with van der Waals surface area (Å²) < 4.78 is 4.72. The van der Waals surface area contributed by atoms with Crippen LogP contribution < -0.4 is 0 Å². The van der Waals surface area contributed by atoms with Gasteiger partial charge in [-0.2, -0.15) is 10.4 Å². The molecule has 0 amide bonds. The van der Waals surface area contributed by atoms with Crippen molar-refractivity contribution in [2.75, 3.05) is 7.11 Å². The third kappa shape index (κ3) is 2.83.